The highest BCUT2D eigenvalue weighted by molar-refractivity contribution is 7.98. The minimum atomic E-state index is -0.0633. The third-order valence-electron chi connectivity index (χ3n) is 3.52. The Kier molecular flexibility index (Phi) is 5.28. The van der Waals surface area contributed by atoms with Crippen molar-refractivity contribution in [2.24, 2.45) is 0 Å². The molecule has 2 rings (SSSR count). The number of benzene rings is 1. The second-order valence-electron chi connectivity index (χ2n) is 4.96. The van der Waals surface area contributed by atoms with E-state index in [9.17, 15) is 4.79 Å². The summed E-state index contributed by atoms with van der Waals surface area (Å²) in [6.45, 7) is 2.93. The van der Waals surface area contributed by atoms with Crippen molar-refractivity contribution >= 4 is 17.7 Å². The Morgan fingerprint density at radius 3 is 2.74 bits per heavy atom. The second-order valence-corrected chi connectivity index (χ2v) is 5.95. The molecular formula is C15H22N2OS. The van der Waals surface area contributed by atoms with Crippen LogP contribution in [-0.2, 0) is 11.2 Å². The second kappa shape index (κ2) is 6.96. The SMILES string of the molecule is CSCCCN1C(=O)C(Cc2ccccc2)NC1C. The molecule has 19 heavy (non-hydrogen) atoms. The highest BCUT2D eigenvalue weighted by Crippen LogP contribution is 2.15. The molecule has 104 valence electrons. The van der Waals surface area contributed by atoms with Gasteiger partial charge in [-0.25, -0.2) is 0 Å². The van der Waals surface area contributed by atoms with Gasteiger partial charge in [-0.1, -0.05) is 30.3 Å². The maximum atomic E-state index is 12.4. The maximum absolute atomic E-state index is 12.4. The lowest BCUT2D eigenvalue weighted by Gasteiger charge is -2.20. The van der Waals surface area contributed by atoms with Crippen molar-refractivity contribution in [1.82, 2.24) is 10.2 Å². The van der Waals surface area contributed by atoms with Crippen molar-refractivity contribution in [2.45, 2.75) is 32.0 Å². The molecule has 2 unspecified atom stereocenters. The van der Waals surface area contributed by atoms with Gasteiger partial charge < -0.3 is 4.90 Å². The third-order valence-corrected chi connectivity index (χ3v) is 4.22. The smallest absolute Gasteiger partial charge is 0.241 e. The van der Waals surface area contributed by atoms with Gasteiger partial charge in [0.2, 0.25) is 5.91 Å². The van der Waals surface area contributed by atoms with Gasteiger partial charge in [0.25, 0.3) is 0 Å². The number of amides is 1. The first-order valence-corrected chi connectivity index (χ1v) is 8.21. The molecule has 1 amide bonds. The van der Waals surface area contributed by atoms with Crippen LogP contribution < -0.4 is 5.32 Å². The summed E-state index contributed by atoms with van der Waals surface area (Å²) in [4.78, 5) is 14.3. The van der Waals surface area contributed by atoms with E-state index in [1.165, 1.54) is 5.56 Å². The Bertz CT molecular complexity index is 410. The van der Waals surface area contributed by atoms with Gasteiger partial charge in [-0.3, -0.25) is 10.1 Å². The van der Waals surface area contributed by atoms with E-state index < -0.39 is 0 Å². The molecule has 0 saturated carbocycles. The lowest BCUT2D eigenvalue weighted by molar-refractivity contribution is -0.129. The van der Waals surface area contributed by atoms with Crippen LogP contribution in [0.5, 0.6) is 0 Å². The predicted octanol–water partition coefficient (Wildman–Crippen LogP) is 2.13. The predicted molar refractivity (Wildman–Crippen MR) is 81.2 cm³/mol. The van der Waals surface area contributed by atoms with Crippen molar-refractivity contribution in [1.29, 1.82) is 0 Å². The molecule has 1 aromatic rings. The Balaban J connectivity index is 1.92. The van der Waals surface area contributed by atoms with E-state index >= 15 is 0 Å². The van der Waals surface area contributed by atoms with Gasteiger partial charge in [-0.15, -0.1) is 0 Å². The van der Waals surface area contributed by atoms with E-state index in [4.69, 9.17) is 0 Å². The van der Waals surface area contributed by atoms with Crippen LogP contribution in [0.15, 0.2) is 30.3 Å². The molecule has 1 aliphatic heterocycles. The summed E-state index contributed by atoms with van der Waals surface area (Å²) in [5, 5.41) is 3.40. The number of nitrogens with zero attached hydrogens (tertiary/aromatic N) is 1. The van der Waals surface area contributed by atoms with E-state index in [1.807, 2.05) is 34.9 Å². The molecule has 1 heterocycles. The summed E-state index contributed by atoms with van der Waals surface area (Å²) in [7, 11) is 0. The molecule has 0 aromatic heterocycles. The first-order chi connectivity index (χ1) is 9.22. The van der Waals surface area contributed by atoms with Crippen LogP contribution in [0.25, 0.3) is 0 Å². The standard InChI is InChI=1S/C15H22N2OS/c1-12-16-14(11-13-7-4-3-5-8-13)15(18)17(12)9-6-10-19-2/h3-5,7-8,12,14,16H,6,9-11H2,1-2H3. The average Bonchev–Trinajstić information content (AvgIpc) is 2.68. The lowest BCUT2D eigenvalue weighted by atomic mass is 10.1. The molecule has 0 aliphatic carbocycles. The number of nitrogens with one attached hydrogen (secondary N) is 1. The number of hydrogen-bond acceptors (Lipinski definition) is 3. The summed E-state index contributed by atoms with van der Waals surface area (Å²) in [5.41, 5.74) is 1.21. The largest absolute Gasteiger partial charge is 0.326 e. The van der Waals surface area contributed by atoms with Gasteiger partial charge in [-0.2, -0.15) is 11.8 Å². The zero-order valence-corrected chi connectivity index (χ0v) is 12.5. The van der Waals surface area contributed by atoms with Gasteiger partial charge in [0.15, 0.2) is 0 Å². The van der Waals surface area contributed by atoms with E-state index in [1.54, 1.807) is 0 Å². The van der Waals surface area contributed by atoms with E-state index in [-0.39, 0.29) is 18.1 Å². The van der Waals surface area contributed by atoms with Crippen LogP contribution in [-0.4, -0.2) is 41.6 Å². The Morgan fingerprint density at radius 2 is 2.05 bits per heavy atom. The van der Waals surface area contributed by atoms with Crippen LogP contribution in [0.3, 0.4) is 0 Å². The zero-order valence-electron chi connectivity index (χ0n) is 11.6. The minimum absolute atomic E-state index is 0.0633. The number of carbonyl (C=O) groups excluding carboxylic acids is 1. The summed E-state index contributed by atoms with van der Waals surface area (Å²) < 4.78 is 0. The molecule has 1 fully saturated rings. The van der Waals surface area contributed by atoms with Crippen molar-refractivity contribution in [3.63, 3.8) is 0 Å². The fraction of sp³-hybridized carbons (Fsp3) is 0.533. The highest BCUT2D eigenvalue weighted by atomic mass is 32.2. The first-order valence-electron chi connectivity index (χ1n) is 6.81. The number of carbonyl (C=O) groups is 1. The van der Waals surface area contributed by atoms with Crippen LogP contribution in [0.1, 0.15) is 18.9 Å². The minimum Gasteiger partial charge on any atom is -0.326 e. The van der Waals surface area contributed by atoms with Gasteiger partial charge in [0.1, 0.15) is 0 Å². The Morgan fingerprint density at radius 1 is 1.32 bits per heavy atom. The highest BCUT2D eigenvalue weighted by Gasteiger charge is 2.35. The van der Waals surface area contributed by atoms with Crippen molar-refractivity contribution < 1.29 is 4.79 Å². The lowest BCUT2D eigenvalue weighted by Crippen LogP contribution is -2.35. The normalized spacial score (nSPS) is 23.1. The molecule has 1 saturated heterocycles. The van der Waals surface area contributed by atoms with Crippen LogP contribution in [0.4, 0.5) is 0 Å². The topological polar surface area (TPSA) is 32.3 Å². The molecule has 3 nitrogen and oxygen atoms in total. The molecule has 0 spiro atoms. The van der Waals surface area contributed by atoms with Crippen LogP contribution in [0, 0.1) is 0 Å². The zero-order chi connectivity index (χ0) is 13.7. The number of rotatable bonds is 6. The van der Waals surface area contributed by atoms with E-state index in [0.717, 1.165) is 25.1 Å². The summed E-state index contributed by atoms with van der Waals surface area (Å²) >= 11 is 1.83. The molecule has 2 atom stereocenters. The van der Waals surface area contributed by atoms with Crippen molar-refractivity contribution in [3.05, 3.63) is 35.9 Å². The van der Waals surface area contributed by atoms with Gasteiger partial charge in [0, 0.05) is 6.54 Å². The number of hydrogen-bond donors (Lipinski definition) is 1. The average molecular weight is 278 g/mol. The van der Waals surface area contributed by atoms with Crippen LogP contribution >= 0.6 is 11.8 Å². The van der Waals surface area contributed by atoms with Gasteiger partial charge in [-0.05, 0) is 37.3 Å². The summed E-state index contributed by atoms with van der Waals surface area (Å²) in [6.07, 6.45) is 4.11. The molecular weight excluding hydrogens is 256 g/mol. The monoisotopic (exact) mass is 278 g/mol. The fourth-order valence-electron chi connectivity index (χ4n) is 2.52. The van der Waals surface area contributed by atoms with Crippen LogP contribution in [0.2, 0.25) is 0 Å². The van der Waals surface area contributed by atoms with E-state index in [0.29, 0.717) is 0 Å². The van der Waals surface area contributed by atoms with E-state index in [2.05, 4.69) is 30.6 Å². The molecule has 0 radical (unpaired) electrons. The quantitative estimate of drug-likeness (QED) is 0.809. The maximum Gasteiger partial charge on any atom is 0.241 e. The fourth-order valence-corrected chi connectivity index (χ4v) is 2.94. The third kappa shape index (κ3) is 3.74. The first kappa shape index (κ1) is 14.4. The number of thioether (sulfide) groups is 1. The summed E-state index contributed by atoms with van der Waals surface area (Å²) in [6, 6.07) is 10.1. The molecule has 4 heteroatoms. The molecule has 0 bridgehead atoms. The molecule has 1 aliphatic rings. The summed E-state index contributed by atoms with van der Waals surface area (Å²) in [5.74, 6) is 1.36. The Labute approximate surface area is 119 Å². The molecule has 1 aromatic carbocycles. The Hall–Kier alpha value is -1.00. The van der Waals surface area contributed by atoms with Crippen molar-refractivity contribution in [3.8, 4) is 0 Å². The van der Waals surface area contributed by atoms with Crippen molar-refractivity contribution in [2.75, 3.05) is 18.6 Å². The van der Waals surface area contributed by atoms with Gasteiger partial charge >= 0.3 is 0 Å². The van der Waals surface area contributed by atoms with Gasteiger partial charge in [0.05, 0.1) is 12.2 Å². The molecule has 1 N–H and O–H groups in total.